The maximum Gasteiger partial charge on any atom is 0.258 e. The Labute approximate surface area is 141 Å². The molecule has 2 aromatic rings. The number of rotatable bonds is 4. The topological polar surface area (TPSA) is 67.6 Å². The number of aryl methyl sites for hydroxylation is 1. The molecule has 2 atom stereocenters. The molecule has 0 unspecified atom stereocenters. The Morgan fingerprint density at radius 3 is 2.75 bits per heavy atom. The summed E-state index contributed by atoms with van der Waals surface area (Å²) in [7, 11) is 0. The second kappa shape index (κ2) is 7.15. The Hall–Kier alpha value is -2.18. The van der Waals surface area contributed by atoms with E-state index >= 15 is 0 Å². The molecular formula is C18H23N3O3. The maximum absolute atomic E-state index is 13.1. The van der Waals surface area contributed by atoms with E-state index in [1.807, 2.05) is 48.9 Å². The van der Waals surface area contributed by atoms with E-state index in [0.717, 1.165) is 17.8 Å². The summed E-state index contributed by atoms with van der Waals surface area (Å²) in [5.41, 5.74) is 2.43. The first-order valence-electron chi connectivity index (χ1n) is 8.28. The standard InChI is InChI=1S/C18H23N3O3/c1-3-21-13(2)15(11-19-21)18(23)20-9-10-24-16(12-22)17(20)14-7-5-4-6-8-14/h4-8,11,16-17,22H,3,9-10,12H2,1-2H3/t16-,17-/m1/s1. The van der Waals surface area contributed by atoms with Crippen molar-refractivity contribution in [1.82, 2.24) is 14.7 Å². The normalized spacial score (nSPS) is 21.0. The summed E-state index contributed by atoms with van der Waals surface area (Å²) >= 11 is 0. The SMILES string of the molecule is CCn1ncc(C(=O)N2CCO[C@H](CO)[C@H]2c2ccccc2)c1C. The van der Waals surface area contributed by atoms with Crippen molar-refractivity contribution in [2.75, 3.05) is 19.8 Å². The minimum Gasteiger partial charge on any atom is -0.394 e. The first-order valence-corrected chi connectivity index (χ1v) is 8.28. The van der Waals surface area contributed by atoms with Gasteiger partial charge in [0.1, 0.15) is 6.10 Å². The number of ether oxygens (including phenoxy) is 1. The molecule has 128 valence electrons. The van der Waals surface area contributed by atoms with Gasteiger partial charge in [-0.2, -0.15) is 5.10 Å². The summed E-state index contributed by atoms with van der Waals surface area (Å²) in [5, 5.41) is 14.0. The molecular weight excluding hydrogens is 306 g/mol. The van der Waals surface area contributed by atoms with Crippen molar-refractivity contribution in [2.45, 2.75) is 32.5 Å². The van der Waals surface area contributed by atoms with Crippen molar-refractivity contribution in [3.63, 3.8) is 0 Å². The Morgan fingerprint density at radius 2 is 2.12 bits per heavy atom. The fraction of sp³-hybridized carbons (Fsp3) is 0.444. The van der Waals surface area contributed by atoms with Gasteiger partial charge in [-0.25, -0.2) is 0 Å². The van der Waals surface area contributed by atoms with Gasteiger partial charge >= 0.3 is 0 Å². The van der Waals surface area contributed by atoms with Crippen molar-refractivity contribution in [1.29, 1.82) is 0 Å². The van der Waals surface area contributed by atoms with Crippen LogP contribution in [0.5, 0.6) is 0 Å². The second-order valence-corrected chi connectivity index (χ2v) is 5.91. The molecule has 2 heterocycles. The van der Waals surface area contributed by atoms with Crippen LogP contribution in [0.4, 0.5) is 0 Å². The lowest BCUT2D eigenvalue weighted by Gasteiger charge is -2.40. The van der Waals surface area contributed by atoms with E-state index < -0.39 is 6.10 Å². The van der Waals surface area contributed by atoms with Crippen LogP contribution >= 0.6 is 0 Å². The van der Waals surface area contributed by atoms with E-state index in [2.05, 4.69) is 5.10 Å². The highest BCUT2D eigenvalue weighted by atomic mass is 16.5. The number of hydrogen-bond donors (Lipinski definition) is 1. The van der Waals surface area contributed by atoms with E-state index in [0.29, 0.717) is 18.7 Å². The molecule has 1 saturated heterocycles. The molecule has 1 amide bonds. The molecule has 6 heteroatoms. The van der Waals surface area contributed by atoms with Gasteiger partial charge in [0.2, 0.25) is 0 Å². The molecule has 6 nitrogen and oxygen atoms in total. The molecule has 0 aliphatic carbocycles. The number of aliphatic hydroxyl groups is 1. The lowest BCUT2D eigenvalue weighted by atomic mass is 9.97. The lowest BCUT2D eigenvalue weighted by molar-refractivity contribution is -0.0811. The molecule has 24 heavy (non-hydrogen) atoms. The molecule has 0 radical (unpaired) electrons. The third kappa shape index (κ3) is 2.95. The minimum atomic E-state index is -0.424. The van der Waals surface area contributed by atoms with E-state index in [9.17, 15) is 9.90 Å². The number of benzene rings is 1. The minimum absolute atomic E-state index is 0.0668. The van der Waals surface area contributed by atoms with Crippen LogP contribution < -0.4 is 0 Å². The quantitative estimate of drug-likeness (QED) is 0.928. The number of nitrogens with zero attached hydrogens (tertiary/aromatic N) is 3. The fourth-order valence-electron chi connectivity index (χ4n) is 3.29. The second-order valence-electron chi connectivity index (χ2n) is 5.91. The zero-order valence-corrected chi connectivity index (χ0v) is 14.1. The van der Waals surface area contributed by atoms with Crippen LogP contribution in [0.2, 0.25) is 0 Å². The molecule has 1 aliphatic heterocycles. The molecule has 0 bridgehead atoms. The van der Waals surface area contributed by atoms with Crippen LogP contribution in [0.25, 0.3) is 0 Å². The van der Waals surface area contributed by atoms with Crippen molar-refractivity contribution < 1.29 is 14.6 Å². The number of carbonyl (C=O) groups is 1. The summed E-state index contributed by atoms with van der Waals surface area (Å²) in [5.74, 6) is -0.0668. The van der Waals surface area contributed by atoms with Crippen molar-refractivity contribution in [3.05, 3.63) is 53.3 Å². The number of morpholine rings is 1. The summed E-state index contributed by atoms with van der Waals surface area (Å²) in [6.45, 7) is 5.41. The zero-order chi connectivity index (χ0) is 17.1. The van der Waals surface area contributed by atoms with Crippen LogP contribution in [0.3, 0.4) is 0 Å². The molecule has 1 aliphatic rings. The summed E-state index contributed by atoms with van der Waals surface area (Å²) in [6, 6.07) is 9.42. The van der Waals surface area contributed by atoms with Crippen LogP contribution in [-0.4, -0.2) is 51.6 Å². The van der Waals surface area contributed by atoms with Gasteiger partial charge in [0.05, 0.1) is 31.0 Å². The van der Waals surface area contributed by atoms with Gasteiger partial charge in [0, 0.05) is 18.8 Å². The van der Waals surface area contributed by atoms with Crippen LogP contribution in [0, 0.1) is 6.92 Å². The molecule has 3 rings (SSSR count). The molecule has 1 aromatic carbocycles. The van der Waals surface area contributed by atoms with Gasteiger partial charge in [-0.05, 0) is 19.4 Å². The van der Waals surface area contributed by atoms with Gasteiger partial charge in [-0.3, -0.25) is 9.48 Å². The highest BCUT2D eigenvalue weighted by Crippen LogP contribution is 2.31. The third-order valence-corrected chi connectivity index (χ3v) is 4.57. The number of amides is 1. The number of aromatic nitrogens is 2. The molecule has 0 saturated carbocycles. The van der Waals surface area contributed by atoms with Crippen molar-refractivity contribution in [2.24, 2.45) is 0 Å². The fourth-order valence-corrected chi connectivity index (χ4v) is 3.29. The van der Waals surface area contributed by atoms with Gasteiger partial charge in [-0.1, -0.05) is 30.3 Å². The van der Waals surface area contributed by atoms with E-state index in [4.69, 9.17) is 4.74 Å². The monoisotopic (exact) mass is 329 g/mol. The predicted octanol–water partition coefficient (Wildman–Crippen LogP) is 1.79. The first kappa shape index (κ1) is 16.7. The highest BCUT2D eigenvalue weighted by molar-refractivity contribution is 5.95. The number of carbonyl (C=O) groups excluding carboxylic acids is 1. The molecule has 1 fully saturated rings. The van der Waals surface area contributed by atoms with Crippen molar-refractivity contribution in [3.8, 4) is 0 Å². The number of aliphatic hydroxyl groups excluding tert-OH is 1. The summed E-state index contributed by atoms with van der Waals surface area (Å²) < 4.78 is 7.52. The Balaban J connectivity index is 1.96. The lowest BCUT2D eigenvalue weighted by Crippen LogP contribution is -2.49. The highest BCUT2D eigenvalue weighted by Gasteiger charge is 2.37. The average Bonchev–Trinajstić information content (AvgIpc) is 3.01. The van der Waals surface area contributed by atoms with E-state index in [1.165, 1.54) is 0 Å². The van der Waals surface area contributed by atoms with Crippen molar-refractivity contribution >= 4 is 5.91 Å². The van der Waals surface area contributed by atoms with Crippen LogP contribution in [0.1, 0.15) is 34.6 Å². The molecule has 1 aromatic heterocycles. The van der Waals surface area contributed by atoms with Crippen LogP contribution in [-0.2, 0) is 11.3 Å². The first-order chi connectivity index (χ1) is 11.7. The third-order valence-electron chi connectivity index (χ3n) is 4.57. The summed E-state index contributed by atoms with van der Waals surface area (Å²) in [4.78, 5) is 14.9. The average molecular weight is 329 g/mol. The molecule has 0 spiro atoms. The van der Waals surface area contributed by atoms with Gasteiger partial charge in [0.15, 0.2) is 0 Å². The maximum atomic E-state index is 13.1. The largest absolute Gasteiger partial charge is 0.394 e. The van der Waals surface area contributed by atoms with Gasteiger partial charge < -0.3 is 14.7 Å². The Bertz CT molecular complexity index is 699. The van der Waals surface area contributed by atoms with E-state index in [-0.39, 0.29) is 18.6 Å². The Kier molecular flexibility index (Phi) is 4.97. The smallest absolute Gasteiger partial charge is 0.258 e. The number of hydrogen-bond acceptors (Lipinski definition) is 4. The predicted molar refractivity (Wildman–Crippen MR) is 89.7 cm³/mol. The summed E-state index contributed by atoms with van der Waals surface area (Å²) in [6.07, 6.45) is 1.21. The van der Waals surface area contributed by atoms with Gasteiger partial charge in [0.25, 0.3) is 5.91 Å². The van der Waals surface area contributed by atoms with Crippen LogP contribution in [0.15, 0.2) is 36.5 Å². The van der Waals surface area contributed by atoms with Gasteiger partial charge in [-0.15, -0.1) is 0 Å². The Morgan fingerprint density at radius 1 is 1.38 bits per heavy atom. The molecule has 1 N–H and O–H groups in total. The zero-order valence-electron chi connectivity index (χ0n) is 14.1. The van der Waals surface area contributed by atoms with E-state index in [1.54, 1.807) is 11.1 Å².